The molecular formula is C20H24N2O2. The Balaban J connectivity index is 1.87. The quantitative estimate of drug-likeness (QED) is 0.888. The summed E-state index contributed by atoms with van der Waals surface area (Å²) in [4.78, 5) is 26.0. The zero-order chi connectivity index (χ0) is 17.5. The fourth-order valence-corrected chi connectivity index (χ4v) is 2.46. The van der Waals surface area contributed by atoms with Crippen LogP contribution in [0.2, 0.25) is 0 Å². The number of nitrogens with zero attached hydrogens (tertiary/aromatic N) is 1. The molecule has 0 radical (unpaired) electrons. The fraction of sp³-hybridized carbons (Fsp3) is 0.300. The molecule has 0 heterocycles. The smallest absolute Gasteiger partial charge is 0.251 e. The van der Waals surface area contributed by atoms with E-state index < -0.39 is 0 Å². The molecule has 2 aromatic rings. The standard InChI is InChI=1S/C20H24N2O2/c1-4-16-9-11-17(12-10-16)14-22(3)19(23)13-21-20(24)18-8-6-5-7-15(18)2/h5-12H,4,13-14H2,1-3H3,(H,21,24). The van der Waals surface area contributed by atoms with Gasteiger partial charge in [-0.15, -0.1) is 0 Å². The number of nitrogens with one attached hydrogen (secondary N) is 1. The molecule has 24 heavy (non-hydrogen) atoms. The summed E-state index contributed by atoms with van der Waals surface area (Å²) in [6.45, 7) is 4.52. The Hall–Kier alpha value is -2.62. The van der Waals surface area contributed by atoms with E-state index in [4.69, 9.17) is 0 Å². The monoisotopic (exact) mass is 324 g/mol. The summed E-state index contributed by atoms with van der Waals surface area (Å²) in [6.07, 6.45) is 1.000. The van der Waals surface area contributed by atoms with Gasteiger partial charge in [-0.05, 0) is 36.1 Å². The Morgan fingerprint density at radius 1 is 1.00 bits per heavy atom. The second kappa shape index (κ2) is 8.29. The SMILES string of the molecule is CCc1ccc(CN(C)C(=O)CNC(=O)c2ccccc2C)cc1. The number of rotatable bonds is 6. The number of amides is 2. The van der Waals surface area contributed by atoms with Gasteiger partial charge in [-0.1, -0.05) is 49.4 Å². The van der Waals surface area contributed by atoms with Crippen LogP contribution in [0, 0.1) is 6.92 Å². The molecule has 0 aliphatic heterocycles. The maximum absolute atomic E-state index is 12.2. The molecule has 0 saturated heterocycles. The van der Waals surface area contributed by atoms with Gasteiger partial charge < -0.3 is 10.2 Å². The molecule has 0 aliphatic carbocycles. The Morgan fingerprint density at radius 3 is 2.25 bits per heavy atom. The van der Waals surface area contributed by atoms with Crippen molar-refractivity contribution in [3.63, 3.8) is 0 Å². The van der Waals surface area contributed by atoms with E-state index in [2.05, 4.69) is 24.4 Å². The minimum Gasteiger partial charge on any atom is -0.343 e. The summed E-state index contributed by atoms with van der Waals surface area (Å²) < 4.78 is 0. The number of hydrogen-bond acceptors (Lipinski definition) is 2. The molecule has 4 nitrogen and oxygen atoms in total. The molecule has 0 saturated carbocycles. The highest BCUT2D eigenvalue weighted by Crippen LogP contribution is 2.08. The number of likely N-dealkylation sites (N-methyl/N-ethyl adjacent to an activating group) is 1. The molecule has 4 heteroatoms. The maximum Gasteiger partial charge on any atom is 0.251 e. The maximum atomic E-state index is 12.2. The van der Waals surface area contributed by atoms with Crippen molar-refractivity contribution in [3.05, 3.63) is 70.8 Å². The van der Waals surface area contributed by atoms with Crippen LogP contribution in [0.1, 0.15) is 34.0 Å². The van der Waals surface area contributed by atoms with Gasteiger partial charge in [0, 0.05) is 19.2 Å². The van der Waals surface area contributed by atoms with Gasteiger partial charge in [0.25, 0.3) is 5.91 Å². The minimum absolute atomic E-state index is 0.00326. The summed E-state index contributed by atoms with van der Waals surface area (Å²) in [5.41, 5.74) is 3.85. The van der Waals surface area contributed by atoms with Crippen LogP contribution in [0.15, 0.2) is 48.5 Å². The van der Waals surface area contributed by atoms with Gasteiger partial charge in [0.05, 0.1) is 6.54 Å². The Kier molecular flexibility index (Phi) is 6.13. The predicted molar refractivity (Wildman–Crippen MR) is 95.8 cm³/mol. The number of benzene rings is 2. The van der Waals surface area contributed by atoms with Gasteiger partial charge in [0.2, 0.25) is 5.91 Å². The van der Waals surface area contributed by atoms with Crippen LogP contribution in [-0.2, 0) is 17.8 Å². The van der Waals surface area contributed by atoms with Crippen LogP contribution in [-0.4, -0.2) is 30.3 Å². The summed E-state index contributed by atoms with van der Waals surface area (Å²) >= 11 is 0. The Bertz CT molecular complexity index is 708. The first-order valence-electron chi connectivity index (χ1n) is 8.17. The first kappa shape index (κ1) is 17.7. The third kappa shape index (κ3) is 4.69. The van der Waals surface area contributed by atoms with Crippen molar-refractivity contribution in [2.45, 2.75) is 26.8 Å². The molecule has 0 unspecified atom stereocenters. The summed E-state index contributed by atoms with van der Waals surface area (Å²) in [7, 11) is 1.75. The van der Waals surface area contributed by atoms with Gasteiger partial charge in [-0.25, -0.2) is 0 Å². The average Bonchev–Trinajstić information content (AvgIpc) is 2.60. The van der Waals surface area contributed by atoms with Crippen molar-refractivity contribution in [2.75, 3.05) is 13.6 Å². The average molecular weight is 324 g/mol. The zero-order valence-corrected chi connectivity index (χ0v) is 14.5. The minimum atomic E-state index is -0.220. The predicted octanol–water partition coefficient (Wildman–Crippen LogP) is 2.95. The lowest BCUT2D eigenvalue weighted by atomic mass is 10.1. The van der Waals surface area contributed by atoms with Crippen LogP contribution in [0.4, 0.5) is 0 Å². The molecular weight excluding hydrogens is 300 g/mol. The lowest BCUT2D eigenvalue weighted by Gasteiger charge is -2.18. The molecule has 0 atom stereocenters. The lowest BCUT2D eigenvalue weighted by Crippen LogP contribution is -2.38. The fourth-order valence-electron chi connectivity index (χ4n) is 2.46. The van der Waals surface area contributed by atoms with Gasteiger partial charge >= 0.3 is 0 Å². The summed E-state index contributed by atoms with van der Waals surface area (Å²) in [5, 5.41) is 2.69. The number of carbonyl (C=O) groups excluding carboxylic acids is 2. The molecule has 1 N–H and O–H groups in total. The molecule has 2 amide bonds. The van der Waals surface area contributed by atoms with Gasteiger partial charge in [-0.2, -0.15) is 0 Å². The molecule has 0 fully saturated rings. The van der Waals surface area contributed by atoms with Crippen molar-refractivity contribution >= 4 is 11.8 Å². The molecule has 126 valence electrons. The normalized spacial score (nSPS) is 10.3. The van der Waals surface area contributed by atoms with E-state index in [0.29, 0.717) is 12.1 Å². The highest BCUT2D eigenvalue weighted by Gasteiger charge is 2.13. The van der Waals surface area contributed by atoms with Crippen molar-refractivity contribution < 1.29 is 9.59 Å². The van der Waals surface area contributed by atoms with Gasteiger partial charge in [-0.3, -0.25) is 9.59 Å². The molecule has 2 aromatic carbocycles. The van der Waals surface area contributed by atoms with Crippen molar-refractivity contribution in [1.29, 1.82) is 0 Å². The summed E-state index contributed by atoms with van der Waals surface area (Å²) in [5.74, 6) is -0.335. The van der Waals surface area contributed by atoms with Crippen LogP contribution < -0.4 is 5.32 Å². The van der Waals surface area contributed by atoms with Crippen LogP contribution in [0.5, 0.6) is 0 Å². The van der Waals surface area contributed by atoms with Crippen molar-refractivity contribution in [3.8, 4) is 0 Å². The van der Waals surface area contributed by atoms with Gasteiger partial charge in [0.1, 0.15) is 0 Å². The number of aryl methyl sites for hydroxylation is 2. The topological polar surface area (TPSA) is 49.4 Å². The number of hydrogen-bond donors (Lipinski definition) is 1. The van der Waals surface area contributed by atoms with E-state index in [0.717, 1.165) is 17.5 Å². The van der Waals surface area contributed by atoms with E-state index >= 15 is 0 Å². The van der Waals surface area contributed by atoms with Crippen LogP contribution >= 0.6 is 0 Å². The third-order valence-electron chi connectivity index (χ3n) is 4.07. The van der Waals surface area contributed by atoms with Crippen LogP contribution in [0.3, 0.4) is 0 Å². The van der Waals surface area contributed by atoms with Gasteiger partial charge in [0.15, 0.2) is 0 Å². The van der Waals surface area contributed by atoms with Crippen molar-refractivity contribution in [1.82, 2.24) is 10.2 Å². The summed E-state index contributed by atoms with van der Waals surface area (Å²) in [6, 6.07) is 15.6. The highest BCUT2D eigenvalue weighted by molar-refractivity contribution is 5.97. The molecule has 0 aromatic heterocycles. The molecule has 0 aliphatic rings. The molecule has 0 spiro atoms. The zero-order valence-electron chi connectivity index (χ0n) is 14.5. The van der Waals surface area contributed by atoms with E-state index in [9.17, 15) is 9.59 Å². The van der Waals surface area contributed by atoms with Crippen molar-refractivity contribution in [2.24, 2.45) is 0 Å². The first-order chi connectivity index (χ1) is 11.5. The number of carbonyl (C=O) groups is 2. The van der Waals surface area contributed by atoms with E-state index in [1.165, 1.54) is 5.56 Å². The molecule has 2 rings (SSSR count). The third-order valence-corrected chi connectivity index (χ3v) is 4.07. The Morgan fingerprint density at radius 2 is 1.62 bits per heavy atom. The highest BCUT2D eigenvalue weighted by atomic mass is 16.2. The van der Waals surface area contributed by atoms with E-state index in [1.807, 2.05) is 37.3 Å². The van der Waals surface area contributed by atoms with Crippen LogP contribution in [0.25, 0.3) is 0 Å². The Labute approximate surface area is 143 Å². The second-order valence-electron chi connectivity index (χ2n) is 5.92. The van der Waals surface area contributed by atoms with E-state index in [1.54, 1.807) is 18.0 Å². The first-order valence-corrected chi connectivity index (χ1v) is 8.17. The largest absolute Gasteiger partial charge is 0.343 e. The van der Waals surface area contributed by atoms with E-state index in [-0.39, 0.29) is 18.4 Å². The molecule has 0 bridgehead atoms. The second-order valence-corrected chi connectivity index (χ2v) is 5.92. The lowest BCUT2D eigenvalue weighted by molar-refractivity contribution is -0.129.